The number of nitrogens with zero attached hydrogens (tertiary/aromatic N) is 4. The van der Waals surface area contributed by atoms with Crippen molar-refractivity contribution in [3.8, 4) is 5.82 Å². The summed E-state index contributed by atoms with van der Waals surface area (Å²) in [6.07, 6.45) is 6.87. The van der Waals surface area contributed by atoms with E-state index in [2.05, 4.69) is 15.3 Å². The van der Waals surface area contributed by atoms with Crippen molar-refractivity contribution in [1.82, 2.24) is 24.4 Å². The molecule has 0 aliphatic carbocycles. The third-order valence-corrected chi connectivity index (χ3v) is 4.43. The van der Waals surface area contributed by atoms with Gasteiger partial charge in [-0.3, -0.25) is 14.2 Å². The van der Waals surface area contributed by atoms with Crippen LogP contribution in [0.5, 0.6) is 0 Å². The first-order chi connectivity index (χ1) is 13.1. The van der Waals surface area contributed by atoms with Crippen molar-refractivity contribution in [2.75, 3.05) is 0 Å². The van der Waals surface area contributed by atoms with Crippen LogP contribution in [-0.4, -0.2) is 25.0 Å². The normalized spacial score (nSPS) is 10.9. The molecule has 0 fully saturated rings. The minimum atomic E-state index is -0.289. The predicted octanol–water partition coefficient (Wildman–Crippen LogP) is 2.05. The number of imidazole rings is 1. The van der Waals surface area contributed by atoms with Crippen LogP contribution in [-0.2, 0) is 13.6 Å². The number of amides is 1. The fourth-order valence-electron chi connectivity index (χ4n) is 2.94. The third kappa shape index (κ3) is 3.22. The Bertz CT molecular complexity index is 1160. The molecule has 0 saturated carbocycles. The summed E-state index contributed by atoms with van der Waals surface area (Å²) in [6.45, 7) is 0.319. The maximum Gasteiger partial charge on any atom is 0.252 e. The lowest BCUT2D eigenvalue weighted by atomic mass is 10.1. The molecular formula is C20H17N5O2. The van der Waals surface area contributed by atoms with E-state index < -0.39 is 0 Å². The second-order valence-corrected chi connectivity index (χ2v) is 6.15. The molecule has 4 aromatic rings. The number of rotatable bonds is 4. The van der Waals surface area contributed by atoms with Gasteiger partial charge in [0.2, 0.25) is 0 Å². The number of carbonyl (C=O) groups is 1. The van der Waals surface area contributed by atoms with E-state index in [0.717, 1.165) is 22.3 Å². The number of aromatic nitrogens is 4. The lowest BCUT2D eigenvalue weighted by molar-refractivity contribution is 0.0952. The topological polar surface area (TPSA) is 81.8 Å². The summed E-state index contributed by atoms with van der Waals surface area (Å²) in [6, 6.07) is 12.5. The van der Waals surface area contributed by atoms with Crippen LogP contribution < -0.4 is 10.9 Å². The number of hydrogen-bond donors (Lipinski definition) is 1. The summed E-state index contributed by atoms with van der Waals surface area (Å²) in [4.78, 5) is 33.2. The van der Waals surface area contributed by atoms with Gasteiger partial charge in [-0.1, -0.05) is 24.3 Å². The van der Waals surface area contributed by atoms with Gasteiger partial charge in [0.05, 0.1) is 11.1 Å². The molecule has 1 amide bonds. The molecular weight excluding hydrogens is 342 g/mol. The van der Waals surface area contributed by atoms with Crippen LogP contribution in [0.3, 0.4) is 0 Å². The van der Waals surface area contributed by atoms with Crippen LogP contribution in [0, 0.1) is 0 Å². The molecule has 0 atom stereocenters. The van der Waals surface area contributed by atoms with Gasteiger partial charge in [-0.25, -0.2) is 9.97 Å². The number of pyridine rings is 2. The summed E-state index contributed by atoms with van der Waals surface area (Å²) >= 11 is 0. The number of fused-ring (bicyclic) bond motifs is 1. The Balaban J connectivity index is 1.54. The minimum absolute atomic E-state index is 0.217. The molecule has 0 bridgehead atoms. The van der Waals surface area contributed by atoms with Gasteiger partial charge >= 0.3 is 0 Å². The Labute approximate surface area is 154 Å². The van der Waals surface area contributed by atoms with Crippen LogP contribution in [0.4, 0.5) is 0 Å². The van der Waals surface area contributed by atoms with Crippen LogP contribution in [0.15, 0.2) is 72.2 Å². The zero-order valence-corrected chi connectivity index (χ0v) is 14.7. The van der Waals surface area contributed by atoms with E-state index in [1.807, 2.05) is 42.6 Å². The van der Waals surface area contributed by atoms with E-state index in [0.29, 0.717) is 12.1 Å². The van der Waals surface area contributed by atoms with E-state index in [1.54, 1.807) is 30.3 Å². The third-order valence-electron chi connectivity index (χ3n) is 4.43. The van der Waals surface area contributed by atoms with Gasteiger partial charge in [-0.15, -0.1) is 0 Å². The molecule has 3 aromatic heterocycles. The highest BCUT2D eigenvalue weighted by molar-refractivity contribution is 6.06. The summed E-state index contributed by atoms with van der Waals surface area (Å²) in [7, 11) is 1.69. The van der Waals surface area contributed by atoms with Crippen LogP contribution >= 0.6 is 0 Å². The van der Waals surface area contributed by atoms with Crippen molar-refractivity contribution in [3.05, 3.63) is 88.9 Å². The second kappa shape index (κ2) is 6.87. The summed E-state index contributed by atoms with van der Waals surface area (Å²) < 4.78 is 3.33. The first-order valence-electron chi connectivity index (χ1n) is 8.44. The SMILES string of the molecule is Cn1c(=O)cc(C(=O)NCc2ccc(-n3ccnc3)nc2)c2ccccc21. The summed E-state index contributed by atoms with van der Waals surface area (Å²) in [5.41, 5.74) is 1.74. The van der Waals surface area contributed by atoms with Crippen molar-refractivity contribution < 1.29 is 4.79 Å². The molecule has 0 unspecified atom stereocenters. The molecule has 0 aliphatic rings. The van der Waals surface area contributed by atoms with E-state index in [-0.39, 0.29) is 11.5 Å². The van der Waals surface area contributed by atoms with E-state index in [4.69, 9.17) is 0 Å². The lowest BCUT2D eigenvalue weighted by Gasteiger charge is -2.11. The molecule has 1 N–H and O–H groups in total. The fourth-order valence-corrected chi connectivity index (χ4v) is 2.94. The van der Waals surface area contributed by atoms with Gasteiger partial charge in [-0.2, -0.15) is 0 Å². The smallest absolute Gasteiger partial charge is 0.252 e. The van der Waals surface area contributed by atoms with Crippen molar-refractivity contribution in [1.29, 1.82) is 0 Å². The Kier molecular flexibility index (Phi) is 4.25. The highest BCUT2D eigenvalue weighted by atomic mass is 16.2. The molecule has 134 valence electrons. The average molecular weight is 359 g/mol. The van der Waals surface area contributed by atoms with Crippen LogP contribution in [0.1, 0.15) is 15.9 Å². The molecule has 0 spiro atoms. The summed E-state index contributed by atoms with van der Waals surface area (Å²) in [5.74, 6) is 0.461. The fraction of sp³-hybridized carbons (Fsp3) is 0.100. The highest BCUT2D eigenvalue weighted by Gasteiger charge is 2.13. The standard InChI is InChI=1S/C20H17N5O2/c1-24-17-5-3-2-4-15(17)16(10-19(24)26)20(27)23-12-14-6-7-18(22-11-14)25-9-8-21-13-25/h2-11,13H,12H2,1H3,(H,23,27). The average Bonchev–Trinajstić information content (AvgIpc) is 3.24. The van der Waals surface area contributed by atoms with Gasteiger partial charge in [0, 0.05) is 43.6 Å². The first-order valence-corrected chi connectivity index (χ1v) is 8.44. The van der Waals surface area contributed by atoms with Gasteiger partial charge < -0.3 is 9.88 Å². The van der Waals surface area contributed by atoms with Gasteiger partial charge in [-0.05, 0) is 17.7 Å². The van der Waals surface area contributed by atoms with Gasteiger partial charge in [0.25, 0.3) is 11.5 Å². The Morgan fingerprint density at radius 3 is 2.78 bits per heavy atom. The molecule has 7 nitrogen and oxygen atoms in total. The first kappa shape index (κ1) is 16.7. The zero-order chi connectivity index (χ0) is 18.8. The molecule has 1 aromatic carbocycles. The Morgan fingerprint density at radius 2 is 2.04 bits per heavy atom. The van der Waals surface area contributed by atoms with Crippen molar-refractivity contribution in [2.45, 2.75) is 6.54 Å². The lowest BCUT2D eigenvalue weighted by Crippen LogP contribution is -2.26. The molecule has 4 rings (SSSR count). The largest absolute Gasteiger partial charge is 0.348 e. The molecule has 27 heavy (non-hydrogen) atoms. The van der Waals surface area contributed by atoms with Crippen LogP contribution in [0.2, 0.25) is 0 Å². The van der Waals surface area contributed by atoms with Crippen molar-refractivity contribution in [3.63, 3.8) is 0 Å². The number of hydrogen-bond acceptors (Lipinski definition) is 4. The monoisotopic (exact) mass is 359 g/mol. The van der Waals surface area contributed by atoms with E-state index >= 15 is 0 Å². The predicted molar refractivity (Wildman–Crippen MR) is 102 cm³/mol. The highest BCUT2D eigenvalue weighted by Crippen LogP contribution is 2.16. The number of carbonyl (C=O) groups excluding carboxylic acids is 1. The number of aryl methyl sites for hydroxylation is 1. The van der Waals surface area contributed by atoms with Gasteiger partial charge in [0.1, 0.15) is 12.1 Å². The second-order valence-electron chi connectivity index (χ2n) is 6.15. The van der Waals surface area contributed by atoms with E-state index in [1.165, 1.54) is 10.6 Å². The maximum absolute atomic E-state index is 12.7. The summed E-state index contributed by atoms with van der Waals surface area (Å²) in [5, 5.41) is 3.60. The van der Waals surface area contributed by atoms with Crippen molar-refractivity contribution >= 4 is 16.8 Å². The number of nitrogens with one attached hydrogen (secondary N) is 1. The molecule has 7 heteroatoms. The maximum atomic E-state index is 12.7. The van der Waals surface area contributed by atoms with Crippen molar-refractivity contribution in [2.24, 2.45) is 7.05 Å². The number of benzene rings is 1. The zero-order valence-electron chi connectivity index (χ0n) is 14.7. The van der Waals surface area contributed by atoms with Gasteiger partial charge in [0.15, 0.2) is 0 Å². The Morgan fingerprint density at radius 1 is 1.19 bits per heavy atom. The molecule has 0 radical (unpaired) electrons. The Hall–Kier alpha value is -3.74. The quantitative estimate of drug-likeness (QED) is 0.605. The minimum Gasteiger partial charge on any atom is -0.348 e. The number of para-hydroxylation sites is 1. The molecule has 0 saturated heterocycles. The van der Waals surface area contributed by atoms with E-state index in [9.17, 15) is 9.59 Å². The molecule has 3 heterocycles. The molecule has 0 aliphatic heterocycles. The van der Waals surface area contributed by atoms with Crippen LogP contribution in [0.25, 0.3) is 16.7 Å².